The molecule has 0 saturated heterocycles. The van der Waals surface area contributed by atoms with Gasteiger partial charge < -0.3 is 10.2 Å². The fourth-order valence-electron chi connectivity index (χ4n) is 1.19. The molecule has 5 heteroatoms. The van der Waals surface area contributed by atoms with Crippen LogP contribution < -0.4 is 10.2 Å². The Kier molecular flexibility index (Phi) is 3.60. The van der Waals surface area contributed by atoms with Crippen molar-refractivity contribution in [3.8, 4) is 0 Å². The van der Waals surface area contributed by atoms with E-state index < -0.39 is 0 Å². The minimum absolute atomic E-state index is 0.207. The standard InChI is InChI=1S/C10H16N4O/c1-5-7-6-12-9(14(3)4)8(13-7)10(15)11-2/h6H,5H2,1-4H3,(H,11,15). The van der Waals surface area contributed by atoms with Crippen LogP contribution in [0.15, 0.2) is 6.20 Å². The number of nitrogens with zero attached hydrogens (tertiary/aromatic N) is 3. The van der Waals surface area contributed by atoms with Crippen LogP contribution in [0.5, 0.6) is 0 Å². The van der Waals surface area contributed by atoms with E-state index in [1.807, 2.05) is 21.0 Å². The molecule has 0 radical (unpaired) electrons. The quantitative estimate of drug-likeness (QED) is 0.784. The molecule has 5 nitrogen and oxygen atoms in total. The second kappa shape index (κ2) is 4.72. The number of hydrogen-bond donors (Lipinski definition) is 1. The Morgan fingerprint density at radius 1 is 1.53 bits per heavy atom. The zero-order chi connectivity index (χ0) is 11.4. The van der Waals surface area contributed by atoms with Crippen LogP contribution in [0, 0.1) is 0 Å². The average Bonchev–Trinajstić information content (AvgIpc) is 2.26. The van der Waals surface area contributed by atoms with Gasteiger partial charge in [0.05, 0.1) is 11.9 Å². The molecular formula is C10H16N4O. The van der Waals surface area contributed by atoms with Gasteiger partial charge in [-0.2, -0.15) is 0 Å². The second-order valence-corrected chi connectivity index (χ2v) is 3.36. The van der Waals surface area contributed by atoms with E-state index in [9.17, 15) is 4.79 Å². The molecular weight excluding hydrogens is 192 g/mol. The van der Waals surface area contributed by atoms with Crippen molar-refractivity contribution in [2.75, 3.05) is 26.0 Å². The van der Waals surface area contributed by atoms with Gasteiger partial charge in [-0.05, 0) is 6.42 Å². The summed E-state index contributed by atoms with van der Waals surface area (Å²) in [6.45, 7) is 1.98. The molecule has 0 aromatic carbocycles. The highest BCUT2D eigenvalue weighted by Crippen LogP contribution is 2.13. The minimum Gasteiger partial charge on any atom is -0.361 e. The summed E-state index contributed by atoms with van der Waals surface area (Å²) in [5, 5.41) is 2.56. The predicted molar refractivity (Wildman–Crippen MR) is 59.1 cm³/mol. The number of hydrogen-bond acceptors (Lipinski definition) is 4. The van der Waals surface area contributed by atoms with Crippen molar-refractivity contribution in [2.45, 2.75) is 13.3 Å². The predicted octanol–water partition coefficient (Wildman–Crippen LogP) is 0.465. The van der Waals surface area contributed by atoms with Gasteiger partial charge in [0.25, 0.3) is 5.91 Å². The van der Waals surface area contributed by atoms with E-state index in [2.05, 4.69) is 15.3 Å². The lowest BCUT2D eigenvalue weighted by Gasteiger charge is -2.14. The summed E-state index contributed by atoms with van der Waals surface area (Å²) >= 11 is 0. The third-order valence-electron chi connectivity index (χ3n) is 2.03. The lowest BCUT2D eigenvalue weighted by atomic mass is 10.3. The Bertz CT molecular complexity index is 362. The summed E-state index contributed by atoms with van der Waals surface area (Å²) in [4.78, 5) is 21.8. The van der Waals surface area contributed by atoms with Gasteiger partial charge in [-0.15, -0.1) is 0 Å². The van der Waals surface area contributed by atoms with Crippen molar-refractivity contribution in [3.63, 3.8) is 0 Å². The van der Waals surface area contributed by atoms with Crippen molar-refractivity contribution in [1.29, 1.82) is 0 Å². The highest BCUT2D eigenvalue weighted by atomic mass is 16.1. The van der Waals surface area contributed by atoms with E-state index in [4.69, 9.17) is 0 Å². The molecule has 0 spiro atoms. The van der Waals surface area contributed by atoms with Crippen LogP contribution in [-0.4, -0.2) is 37.0 Å². The number of rotatable bonds is 3. The topological polar surface area (TPSA) is 58.1 Å². The van der Waals surface area contributed by atoms with Crippen LogP contribution in [-0.2, 0) is 6.42 Å². The van der Waals surface area contributed by atoms with Crippen LogP contribution >= 0.6 is 0 Å². The number of carbonyl (C=O) groups excluding carboxylic acids is 1. The van der Waals surface area contributed by atoms with Crippen molar-refractivity contribution in [1.82, 2.24) is 15.3 Å². The van der Waals surface area contributed by atoms with Gasteiger partial charge in [-0.3, -0.25) is 4.79 Å². The number of amides is 1. The fraction of sp³-hybridized carbons (Fsp3) is 0.500. The van der Waals surface area contributed by atoms with E-state index in [1.165, 1.54) is 0 Å². The number of aryl methyl sites for hydroxylation is 1. The largest absolute Gasteiger partial charge is 0.361 e. The van der Waals surface area contributed by atoms with Gasteiger partial charge in [0.2, 0.25) is 0 Å². The molecule has 1 aromatic heterocycles. The normalized spacial score (nSPS) is 9.87. The van der Waals surface area contributed by atoms with Crippen LogP contribution in [0.1, 0.15) is 23.1 Å². The van der Waals surface area contributed by atoms with E-state index in [1.54, 1.807) is 18.1 Å². The molecule has 0 fully saturated rings. The lowest BCUT2D eigenvalue weighted by Crippen LogP contribution is -2.25. The monoisotopic (exact) mass is 208 g/mol. The smallest absolute Gasteiger partial charge is 0.273 e. The van der Waals surface area contributed by atoms with Gasteiger partial charge in [-0.1, -0.05) is 6.92 Å². The Balaban J connectivity index is 3.22. The lowest BCUT2D eigenvalue weighted by molar-refractivity contribution is 0.0958. The second-order valence-electron chi connectivity index (χ2n) is 3.36. The number of anilines is 1. The number of carbonyl (C=O) groups is 1. The fourth-order valence-corrected chi connectivity index (χ4v) is 1.19. The molecule has 0 atom stereocenters. The maximum atomic E-state index is 11.6. The Morgan fingerprint density at radius 3 is 2.67 bits per heavy atom. The molecule has 0 saturated carbocycles. The van der Waals surface area contributed by atoms with Crippen molar-refractivity contribution < 1.29 is 4.79 Å². The molecule has 0 aliphatic carbocycles. The molecule has 1 aromatic rings. The summed E-state index contributed by atoms with van der Waals surface area (Å²) in [6.07, 6.45) is 2.46. The molecule has 0 bridgehead atoms. The van der Waals surface area contributed by atoms with Crippen LogP contribution in [0.2, 0.25) is 0 Å². The van der Waals surface area contributed by atoms with Gasteiger partial charge in [0.1, 0.15) is 0 Å². The number of aromatic nitrogens is 2. The van der Waals surface area contributed by atoms with Crippen molar-refractivity contribution >= 4 is 11.7 Å². The zero-order valence-corrected chi connectivity index (χ0v) is 9.53. The Labute approximate surface area is 89.5 Å². The summed E-state index contributed by atoms with van der Waals surface area (Å²) in [6, 6.07) is 0. The van der Waals surface area contributed by atoms with E-state index in [0.29, 0.717) is 11.5 Å². The van der Waals surface area contributed by atoms with E-state index >= 15 is 0 Å². The molecule has 1 amide bonds. The highest BCUT2D eigenvalue weighted by Gasteiger charge is 2.15. The molecule has 0 aliphatic rings. The zero-order valence-electron chi connectivity index (χ0n) is 9.53. The SMILES string of the molecule is CCc1cnc(N(C)C)c(C(=O)NC)n1. The van der Waals surface area contributed by atoms with Gasteiger partial charge >= 0.3 is 0 Å². The Morgan fingerprint density at radius 2 is 2.20 bits per heavy atom. The first-order chi connectivity index (χ1) is 7.10. The summed E-state index contributed by atoms with van der Waals surface area (Å²) in [5.74, 6) is 0.382. The molecule has 1 N–H and O–H groups in total. The van der Waals surface area contributed by atoms with Crippen LogP contribution in [0.25, 0.3) is 0 Å². The summed E-state index contributed by atoms with van der Waals surface area (Å²) in [7, 11) is 5.26. The van der Waals surface area contributed by atoms with E-state index in [-0.39, 0.29) is 5.91 Å². The molecule has 15 heavy (non-hydrogen) atoms. The van der Waals surface area contributed by atoms with Crippen molar-refractivity contribution in [2.24, 2.45) is 0 Å². The third-order valence-corrected chi connectivity index (χ3v) is 2.03. The first kappa shape index (κ1) is 11.4. The average molecular weight is 208 g/mol. The molecule has 1 heterocycles. The minimum atomic E-state index is -0.207. The third kappa shape index (κ3) is 2.43. The molecule has 0 unspecified atom stereocenters. The maximum Gasteiger partial charge on any atom is 0.273 e. The summed E-state index contributed by atoms with van der Waals surface area (Å²) < 4.78 is 0. The van der Waals surface area contributed by atoms with Crippen molar-refractivity contribution in [3.05, 3.63) is 17.6 Å². The first-order valence-electron chi connectivity index (χ1n) is 4.85. The van der Waals surface area contributed by atoms with Gasteiger partial charge in [0, 0.05) is 21.1 Å². The van der Waals surface area contributed by atoms with Crippen LogP contribution in [0.3, 0.4) is 0 Å². The Hall–Kier alpha value is -1.65. The molecule has 1 rings (SSSR count). The van der Waals surface area contributed by atoms with E-state index in [0.717, 1.165) is 12.1 Å². The van der Waals surface area contributed by atoms with Crippen LogP contribution in [0.4, 0.5) is 5.82 Å². The maximum absolute atomic E-state index is 11.6. The molecule has 0 aliphatic heterocycles. The number of nitrogens with one attached hydrogen (secondary N) is 1. The first-order valence-corrected chi connectivity index (χ1v) is 4.85. The van der Waals surface area contributed by atoms with Gasteiger partial charge in [-0.25, -0.2) is 9.97 Å². The summed E-state index contributed by atoms with van der Waals surface area (Å²) in [5.41, 5.74) is 1.20. The molecule has 82 valence electrons. The highest BCUT2D eigenvalue weighted by molar-refractivity contribution is 5.96. The van der Waals surface area contributed by atoms with Gasteiger partial charge in [0.15, 0.2) is 11.5 Å².